The number of nitrogens with zero attached hydrogens (tertiary/aromatic N) is 4. The molecule has 18 heavy (non-hydrogen) atoms. The van der Waals surface area contributed by atoms with Gasteiger partial charge < -0.3 is 5.11 Å². The Hall–Kier alpha value is -1.46. The van der Waals surface area contributed by atoms with Gasteiger partial charge in [0.25, 0.3) is 0 Å². The minimum Gasteiger partial charge on any atom is -0.481 e. The normalized spacial score (nSPS) is 13.2. The van der Waals surface area contributed by atoms with Crippen molar-refractivity contribution in [2.24, 2.45) is 11.8 Å². The van der Waals surface area contributed by atoms with Crippen molar-refractivity contribution in [2.75, 3.05) is 0 Å². The maximum atomic E-state index is 10.9. The lowest BCUT2D eigenvalue weighted by Gasteiger charge is -2.20. The van der Waals surface area contributed by atoms with E-state index in [1.807, 2.05) is 13.8 Å². The zero-order chi connectivity index (χ0) is 13.7. The fourth-order valence-electron chi connectivity index (χ4n) is 1.84. The number of hydrogen-bond donors (Lipinski definition) is 1. The summed E-state index contributed by atoms with van der Waals surface area (Å²) in [5, 5.41) is 20.6. The van der Waals surface area contributed by atoms with Crippen LogP contribution in [0.3, 0.4) is 0 Å². The predicted molar refractivity (Wildman–Crippen MR) is 67.1 cm³/mol. The molecular formula is C12H22N4O2. The van der Waals surface area contributed by atoms with Gasteiger partial charge in [0, 0.05) is 6.42 Å². The van der Waals surface area contributed by atoms with Gasteiger partial charge >= 0.3 is 5.97 Å². The lowest BCUT2D eigenvalue weighted by atomic mass is 10.0. The van der Waals surface area contributed by atoms with Crippen molar-refractivity contribution in [3.63, 3.8) is 0 Å². The second kappa shape index (κ2) is 6.47. The van der Waals surface area contributed by atoms with E-state index in [1.165, 1.54) is 0 Å². The number of aliphatic carboxylic acids is 1. The van der Waals surface area contributed by atoms with Gasteiger partial charge in [-0.25, -0.2) is 4.68 Å². The third-order valence-electron chi connectivity index (χ3n) is 2.97. The molecule has 6 nitrogen and oxygen atoms in total. The molecule has 0 radical (unpaired) electrons. The molecular weight excluding hydrogens is 232 g/mol. The van der Waals surface area contributed by atoms with Crippen molar-refractivity contribution in [3.8, 4) is 0 Å². The smallest absolute Gasteiger partial charge is 0.305 e. The van der Waals surface area contributed by atoms with Crippen molar-refractivity contribution in [2.45, 2.75) is 53.0 Å². The molecule has 1 heterocycles. The molecule has 1 aromatic rings. The van der Waals surface area contributed by atoms with E-state index in [0.29, 0.717) is 5.92 Å². The molecule has 102 valence electrons. The molecule has 1 N–H and O–H groups in total. The van der Waals surface area contributed by atoms with Gasteiger partial charge in [-0.15, -0.1) is 5.10 Å². The fraction of sp³-hybridized carbons (Fsp3) is 0.833. The van der Waals surface area contributed by atoms with E-state index in [9.17, 15) is 4.79 Å². The summed E-state index contributed by atoms with van der Waals surface area (Å²) in [7, 11) is 0. The predicted octanol–water partition coefficient (Wildman–Crippen LogP) is 1.93. The Morgan fingerprint density at radius 2 is 2.00 bits per heavy atom. The molecule has 0 saturated carbocycles. The van der Waals surface area contributed by atoms with Crippen LogP contribution in [0.5, 0.6) is 0 Å². The van der Waals surface area contributed by atoms with Gasteiger partial charge in [0.2, 0.25) is 0 Å². The number of carboxylic acids is 1. The number of tetrazole rings is 1. The van der Waals surface area contributed by atoms with E-state index in [4.69, 9.17) is 5.11 Å². The van der Waals surface area contributed by atoms with Gasteiger partial charge in [0.1, 0.15) is 0 Å². The summed E-state index contributed by atoms with van der Waals surface area (Å²) in [5.41, 5.74) is 0. The van der Waals surface area contributed by atoms with E-state index in [-0.39, 0.29) is 18.4 Å². The first-order valence-electron chi connectivity index (χ1n) is 6.40. The maximum absolute atomic E-state index is 10.9. The van der Waals surface area contributed by atoms with Crippen molar-refractivity contribution in [1.82, 2.24) is 20.2 Å². The van der Waals surface area contributed by atoms with Crippen LogP contribution in [0.15, 0.2) is 0 Å². The Balaban J connectivity index is 2.84. The molecule has 0 bridgehead atoms. The highest BCUT2D eigenvalue weighted by molar-refractivity contribution is 5.67. The van der Waals surface area contributed by atoms with Crippen molar-refractivity contribution in [1.29, 1.82) is 0 Å². The SMILES string of the molecule is CC(C)CCc1nnnn1C(CC(=O)O)C(C)C. The first-order chi connectivity index (χ1) is 8.41. The number of aryl methyl sites for hydroxylation is 1. The first kappa shape index (κ1) is 14.6. The summed E-state index contributed by atoms with van der Waals surface area (Å²) in [6.07, 6.45) is 1.84. The zero-order valence-corrected chi connectivity index (χ0v) is 11.5. The molecule has 0 amide bonds. The Morgan fingerprint density at radius 3 is 2.50 bits per heavy atom. The third-order valence-corrected chi connectivity index (χ3v) is 2.97. The Kier molecular flexibility index (Phi) is 5.25. The molecule has 1 aromatic heterocycles. The van der Waals surface area contributed by atoms with Crippen molar-refractivity contribution in [3.05, 3.63) is 5.82 Å². The number of carboxylic acid groups (broad SMARTS) is 1. The summed E-state index contributed by atoms with van der Waals surface area (Å²) < 4.78 is 1.68. The van der Waals surface area contributed by atoms with E-state index >= 15 is 0 Å². The van der Waals surface area contributed by atoms with Gasteiger partial charge in [-0.3, -0.25) is 4.79 Å². The van der Waals surface area contributed by atoms with Crippen LogP contribution in [0.2, 0.25) is 0 Å². The molecule has 0 fully saturated rings. The Morgan fingerprint density at radius 1 is 1.33 bits per heavy atom. The maximum Gasteiger partial charge on any atom is 0.305 e. The molecule has 0 aliphatic carbocycles. The number of aromatic nitrogens is 4. The summed E-state index contributed by atoms with van der Waals surface area (Å²) >= 11 is 0. The van der Waals surface area contributed by atoms with E-state index < -0.39 is 5.97 Å². The molecule has 6 heteroatoms. The van der Waals surface area contributed by atoms with Gasteiger partial charge in [0.15, 0.2) is 5.82 Å². The number of carbonyl (C=O) groups is 1. The Labute approximate surface area is 107 Å². The number of rotatable bonds is 7. The van der Waals surface area contributed by atoms with Crippen LogP contribution in [0.4, 0.5) is 0 Å². The molecule has 1 unspecified atom stereocenters. The minimum absolute atomic E-state index is 0.0530. The second-order valence-corrected chi connectivity index (χ2v) is 5.38. The third kappa shape index (κ3) is 4.09. The standard InChI is InChI=1S/C12H22N4O2/c1-8(2)5-6-11-13-14-15-16(11)10(9(3)4)7-12(17)18/h8-10H,5-7H2,1-4H3,(H,17,18). The van der Waals surface area contributed by atoms with Crippen LogP contribution in [0.1, 0.15) is 52.4 Å². The average molecular weight is 254 g/mol. The summed E-state index contributed by atoms with van der Waals surface area (Å²) in [4.78, 5) is 10.9. The topological polar surface area (TPSA) is 80.9 Å². The highest BCUT2D eigenvalue weighted by Gasteiger charge is 2.23. The molecule has 0 saturated heterocycles. The monoisotopic (exact) mass is 254 g/mol. The van der Waals surface area contributed by atoms with Gasteiger partial charge in [0.05, 0.1) is 12.5 Å². The lowest BCUT2D eigenvalue weighted by molar-refractivity contribution is -0.138. The molecule has 0 aliphatic heterocycles. The average Bonchev–Trinajstić information content (AvgIpc) is 2.70. The van der Waals surface area contributed by atoms with E-state index in [0.717, 1.165) is 18.7 Å². The molecule has 0 aromatic carbocycles. The van der Waals surface area contributed by atoms with Crippen LogP contribution < -0.4 is 0 Å². The second-order valence-electron chi connectivity index (χ2n) is 5.38. The Bertz CT molecular complexity index is 387. The first-order valence-corrected chi connectivity index (χ1v) is 6.40. The van der Waals surface area contributed by atoms with Crippen LogP contribution in [-0.2, 0) is 11.2 Å². The van der Waals surface area contributed by atoms with Crippen LogP contribution >= 0.6 is 0 Å². The fourth-order valence-corrected chi connectivity index (χ4v) is 1.84. The summed E-state index contributed by atoms with van der Waals surface area (Å²) in [6.45, 7) is 8.26. The minimum atomic E-state index is -0.820. The largest absolute Gasteiger partial charge is 0.481 e. The highest BCUT2D eigenvalue weighted by Crippen LogP contribution is 2.22. The van der Waals surface area contributed by atoms with Gasteiger partial charge in [-0.1, -0.05) is 27.7 Å². The molecule has 1 rings (SSSR count). The molecule has 0 aliphatic rings. The molecule has 0 spiro atoms. The lowest BCUT2D eigenvalue weighted by Crippen LogP contribution is -2.22. The van der Waals surface area contributed by atoms with Crippen LogP contribution in [-0.4, -0.2) is 31.3 Å². The summed E-state index contributed by atoms with van der Waals surface area (Å²) in [6, 6.07) is -0.181. The van der Waals surface area contributed by atoms with Gasteiger partial charge in [-0.05, 0) is 28.7 Å². The van der Waals surface area contributed by atoms with E-state index in [2.05, 4.69) is 29.4 Å². The summed E-state index contributed by atoms with van der Waals surface area (Å²) in [5.74, 6) is 0.720. The van der Waals surface area contributed by atoms with Crippen molar-refractivity contribution < 1.29 is 9.90 Å². The quantitative estimate of drug-likeness (QED) is 0.804. The van der Waals surface area contributed by atoms with E-state index in [1.54, 1.807) is 4.68 Å². The zero-order valence-electron chi connectivity index (χ0n) is 11.5. The van der Waals surface area contributed by atoms with Crippen molar-refractivity contribution >= 4 is 5.97 Å². The van der Waals surface area contributed by atoms with Gasteiger partial charge in [-0.2, -0.15) is 0 Å². The highest BCUT2D eigenvalue weighted by atomic mass is 16.4. The molecule has 1 atom stereocenters. The van der Waals surface area contributed by atoms with Crippen LogP contribution in [0.25, 0.3) is 0 Å². The number of hydrogen-bond acceptors (Lipinski definition) is 4. The van der Waals surface area contributed by atoms with Crippen LogP contribution in [0, 0.1) is 11.8 Å².